The van der Waals surface area contributed by atoms with Crippen molar-refractivity contribution in [1.82, 2.24) is 4.98 Å². The predicted octanol–water partition coefficient (Wildman–Crippen LogP) is 4.27. The molecular weight excluding hydrogens is 349 g/mol. The van der Waals surface area contributed by atoms with Crippen molar-refractivity contribution in [3.63, 3.8) is 0 Å². The molecule has 0 bridgehead atoms. The molecule has 0 aliphatic heterocycles. The maximum Gasteiger partial charge on any atom is 0.336 e. The number of halogens is 1. The molecule has 0 spiro atoms. The monoisotopic (exact) mass is 367 g/mol. The highest BCUT2D eigenvalue weighted by Gasteiger charge is 2.11. The van der Waals surface area contributed by atoms with Gasteiger partial charge in [-0.15, -0.1) is 0 Å². The van der Waals surface area contributed by atoms with Crippen molar-refractivity contribution in [2.75, 3.05) is 20.3 Å². The van der Waals surface area contributed by atoms with E-state index < -0.39 is 11.8 Å². The lowest BCUT2D eigenvalue weighted by molar-refractivity contribution is 0.0699. The number of methoxy groups -OCH3 is 1. The van der Waals surface area contributed by atoms with Crippen LogP contribution in [-0.2, 0) is 4.74 Å². The van der Waals surface area contributed by atoms with Crippen LogP contribution in [0.1, 0.15) is 21.6 Å². The van der Waals surface area contributed by atoms with Gasteiger partial charge in [0.05, 0.1) is 23.4 Å². The second-order valence-corrected chi connectivity index (χ2v) is 5.81. The van der Waals surface area contributed by atoms with Crippen LogP contribution in [0, 0.1) is 5.82 Å². The van der Waals surface area contributed by atoms with Gasteiger partial charge in [0.2, 0.25) is 0 Å². The minimum atomic E-state index is -1.09. The summed E-state index contributed by atoms with van der Waals surface area (Å²) in [5, 5.41) is 9.83. The van der Waals surface area contributed by atoms with Crippen molar-refractivity contribution in [1.29, 1.82) is 0 Å². The third kappa shape index (κ3) is 4.68. The number of carbonyl (C=O) groups is 1. The Morgan fingerprint density at radius 1 is 1.15 bits per heavy atom. The van der Waals surface area contributed by atoms with E-state index in [1.165, 1.54) is 24.3 Å². The summed E-state index contributed by atoms with van der Waals surface area (Å²) in [4.78, 5) is 15.9. The first kappa shape index (κ1) is 18.5. The molecule has 0 aliphatic carbocycles. The van der Waals surface area contributed by atoms with Gasteiger partial charge in [-0.3, -0.25) is 0 Å². The van der Waals surface area contributed by atoms with Crippen LogP contribution in [0.3, 0.4) is 0 Å². The zero-order valence-corrected chi connectivity index (χ0v) is 14.7. The van der Waals surface area contributed by atoms with E-state index >= 15 is 0 Å². The number of carboxylic acid groups (broad SMARTS) is 1. The molecule has 0 radical (unpaired) electrons. The van der Waals surface area contributed by atoms with Gasteiger partial charge in [-0.1, -0.05) is 18.2 Å². The Morgan fingerprint density at radius 3 is 2.78 bits per heavy atom. The predicted molar refractivity (Wildman–Crippen MR) is 101 cm³/mol. The lowest BCUT2D eigenvalue weighted by Gasteiger charge is -2.06. The number of ether oxygens (including phenoxy) is 2. The molecule has 1 N–H and O–H groups in total. The van der Waals surface area contributed by atoms with Crippen LogP contribution in [0.25, 0.3) is 23.1 Å². The number of nitrogens with zero attached hydrogens (tertiary/aromatic N) is 1. The average Bonchev–Trinajstić information content (AvgIpc) is 2.66. The third-order valence-electron chi connectivity index (χ3n) is 3.88. The molecule has 3 aromatic rings. The quantitative estimate of drug-likeness (QED) is 0.632. The van der Waals surface area contributed by atoms with Gasteiger partial charge in [-0.2, -0.15) is 0 Å². The van der Waals surface area contributed by atoms with E-state index in [4.69, 9.17) is 9.47 Å². The van der Waals surface area contributed by atoms with Crippen molar-refractivity contribution in [3.05, 3.63) is 71.2 Å². The fraction of sp³-hybridized carbons (Fsp3) is 0.143. The molecule has 138 valence electrons. The third-order valence-corrected chi connectivity index (χ3v) is 3.88. The molecule has 0 aliphatic rings. The Balaban J connectivity index is 1.90. The highest BCUT2D eigenvalue weighted by atomic mass is 19.1. The number of benzene rings is 2. The highest BCUT2D eigenvalue weighted by Crippen LogP contribution is 2.21. The zero-order chi connectivity index (χ0) is 19.2. The van der Waals surface area contributed by atoms with Gasteiger partial charge in [0.15, 0.2) is 0 Å². The topological polar surface area (TPSA) is 68.7 Å². The molecule has 3 rings (SSSR count). The van der Waals surface area contributed by atoms with E-state index in [1.54, 1.807) is 19.3 Å². The number of aromatic nitrogens is 1. The summed E-state index contributed by atoms with van der Waals surface area (Å²) < 4.78 is 24.0. The van der Waals surface area contributed by atoms with Gasteiger partial charge >= 0.3 is 5.97 Å². The minimum Gasteiger partial charge on any atom is -0.491 e. The van der Waals surface area contributed by atoms with Gasteiger partial charge < -0.3 is 14.6 Å². The van der Waals surface area contributed by atoms with E-state index in [0.29, 0.717) is 35.6 Å². The summed E-state index contributed by atoms with van der Waals surface area (Å²) in [5.41, 5.74) is 1.67. The van der Waals surface area contributed by atoms with E-state index in [0.717, 1.165) is 5.56 Å². The summed E-state index contributed by atoms with van der Waals surface area (Å²) in [6.45, 7) is 0.943. The van der Waals surface area contributed by atoms with Gasteiger partial charge in [0.1, 0.15) is 18.2 Å². The van der Waals surface area contributed by atoms with Gasteiger partial charge in [0, 0.05) is 18.6 Å². The number of carboxylic acids is 1. The van der Waals surface area contributed by atoms with Crippen molar-refractivity contribution < 1.29 is 23.8 Å². The zero-order valence-electron chi connectivity index (χ0n) is 14.7. The number of fused-ring (bicyclic) bond motifs is 1. The Kier molecular flexibility index (Phi) is 5.78. The summed E-state index contributed by atoms with van der Waals surface area (Å²) >= 11 is 0. The summed E-state index contributed by atoms with van der Waals surface area (Å²) in [5.74, 6) is -0.848. The lowest BCUT2D eigenvalue weighted by atomic mass is 10.1. The normalized spacial score (nSPS) is 11.2. The van der Waals surface area contributed by atoms with Crippen LogP contribution in [0.15, 0.2) is 48.5 Å². The molecule has 1 heterocycles. The summed E-state index contributed by atoms with van der Waals surface area (Å²) in [6, 6.07) is 12.8. The number of hydrogen-bond acceptors (Lipinski definition) is 4. The van der Waals surface area contributed by atoms with Crippen LogP contribution in [0.5, 0.6) is 5.75 Å². The maximum absolute atomic E-state index is 13.5. The first-order valence-electron chi connectivity index (χ1n) is 8.30. The molecule has 0 amide bonds. The Labute approximate surface area is 155 Å². The van der Waals surface area contributed by atoms with E-state index in [2.05, 4.69) is 4.98 Å². The standard InChI is InChI=1S/C21H18FNO4/c1-26-9-10-27-17-4-2-3-14(11-17)5-7-16-13-19(21(24)25)18-8-6-15(22)12-20(18)23-16/h2-8,11-13H,9-10H2,1H3,(H,24,25)/b7-5+. The molecule has 27 heavy (non-hydrogen) atoms. The number of rotatable bonds is 7. The molecular formula is C21H18FNO4. The van der Waals surface area contributed by atoms with E-state index in [1.807, 2.05) is 24.3 Å². The summed E-state index contributed by atoms with van der Waals surface area (Å²) in [6.07, 6.45) is 3.48. The van der Waals surface area contributed by atoms with Crippen LogP contribution in [0.4, 0.5) is 4.39 Å². The molecule has 0 saturated carbocycles. The van der Waals surface area contributed by atoms with Gasteiger partial charge in [-0.25, -0.2) is 14.2 Å². The Morgan fingerprint density at radius 2 is 2.00 bits per heavy atom. The van der Waals surface area contributed by atoms with Crippen LogP contribution < -0.4 is 4.74 Å². The van der Waals surface area contributed by atoms with Gasteiger partial charge in [0.25, 0.3) is 0 Å². The Bertz CT molecular complexity index is 1000. The van der Waals surface area contributed by atoms with Crippen LogP contribution in [0.2, 0.25) is 0 Å². The Hall–Kier alpha value is -3.25. The minimum absolute atomic E-state index is 0.0799. The van der Waals surface area contributed by atoms with Crippen molar-refractivity contribution in [3.8, 4) is 5.75 Å². The molecule has 0 saturated heterocycles. The van der Waals surface area contributed by atoms with E-state index in [9.17, 15) is 14.3 Å². The average molecular weight is 367 g/mol. The van der Waals surface area contributed by atoms with Crippen molar-refractivity contribution >= 4 is 29.0 Å². The second kappa shape index (κ2) is 8.42. The fourth-order valence-electron chi connectivity index (χ4n) is 2.62. The van der Waals surface area contributed by atoms with Crippen LogP contribution >= 0.6 is 0 Å². The molecule has 5 nitrogen and oxygen atoms in total. The molecule has 6 heteroatoms. The first-order valence-corrected chi connectivity index (χ1v) is 8.30. The summed E-state index contributed by atoms with van der Waals surface area (Å²) in [7, 11) is 1.61. The van der Waals surface area contributed by atoms with Crippen molar-refractivity contribution in [2.24, 2.45) is 0 Å². The highest BCUT2D eigenvalue weighted by molar-refractivity contribution is 6.03. The molecule has 1 aromatic heterocycles. The second-order valence-electron chi connectivity index (χ2n) is 5.81. The fourth-order valence-corrected chi connectivity index (χ4v) is 2.62. The van der Waals surface area contributed by atoms with Crippen LogP contribution in [-0.4, -0.2) is 36.4 Å². The smallest absolute Gasteiger partial charge is 0.336 e. The molecule has 2 aromatic carbocycles. The molecule has 0 atom stereocenters. The number of pyridine rings is 1. The first-order chi connectivity index (χ1) is 13.1. The molecule has 0 fully saturated rings. The maximum atomic E-state index is 13.5. The lowest BCUT2D eigenvalue weighted by Crippen LogP contribution is -2.04. The van der Waals surface area contributed by atoms with E-state index in [-0.39, 0.29) is 5.56 Å². The SMILES string of the molecule is COCCOc1cccc(/C=C/c2cc(C(=O)O)c3ccc(F)cc3n2)c1. The van der Waals surface area contributed by atoms with Crippen molar-refractivity contribution in [2.45, 2.75) is 0 Å². The number of aromatic carboxylic acids is 1. The molecule has 0 unspecified atom stereocenters. The largest absolute Gasteiger partial charge is 0.491 e. The van der Waals surface area contributed by atoms with Gasteiger partial charge in [-0.05, 0) is 42.0 Å². The number of hydrogen-bond donors (Lipinski definition) is 1.